The fraction of sp³-hybridized carbons (Fsp3) is 0.867. The van der Waals surface area contributed by atoms with E-state index < -0.39 is 37.0 Å². The first kappa shape index (κ1) is 22.9. The van der Waals surface area contributed by atoms with E-state index >= 15 is 0 Å². The molecule has 1 N–H and O–H groups in total. The van der Waals surface area contributed by atoms with Crippen LogP contribution in [0.15, 0.2) is 0 Å². The monoisotopic (exact) mass is 366 g/mol. The summed E-state index contributed by atoms with van der Waals surface area (Å²) in [6, 6.07) is -0.806. The molecule has 2 unspecified atom stereocenters. The number of carbonyl (C=O) groups is 2. The first-order valence-electron chi connectivity index (χ1n) is 8.03. The smallest absolute Gasteiger partial charge is 0.410 e. The van der Waals surface area contributed by atoms with Gasteiger partial charge in [-0.3, -0.25) is 14.3 Å². The van der Waals surface area contributed by atoms with E-state index in [0.29, 0.717) is 0 Å². The second kappa shape index (κ2) is 9.39. The van der Waals surface area contributed by atoms with Crippen LogP contribution in [0.1, 0.15) is 48.5 Å². The van der Waals surface area contributed by atoms with Crippen LogP contribution < -0.4 is 5.32 Å². The highest BCUT2D eigenvalue weighted by Crippen LogP contribution is 2.51. The molecule has 0 aromatic rings. The highest BCUT2D eigenvalue weighted by molar-refractivity contribution is 7.54. The van der Waals surface area contributed by atoms with Gasteiger partial charge in [-0.2, -0.15) is 0 Å². The van der Waals surface area contributed by atoms with Crippen molar-refractivity contribution >= 4 is 19.6 Å². The molecule has 0 aliphatic heterocycles. The quantitative estimate of drug-likeness (QED) is 0.664. The standard InChI is InChI=1S/C15H31N2O6P/c1-9-21-24(20,22-10-2)12(4)16-13(18)11(3)17(8)14(19)23-15(5,6)7/h11-12H,9-10H2,1-8H3,(H,16,18). The lowest BCUT2D eigenvalue weighted by molar-refractivity contribution is -0.125. The fourth-order valence-corrected chi connectivity index (χ4v) is 3.22. The van der Waals surface area contributed by atoms with Crippen molar-refractivity contribution < 1.29 is 27.9 Å². The molecule has 0 aliphatic carbocycles. The lowest BCUT2D eigenvalue weighted by Gasteiger charge is -2.30. The Balaban J connectivity index is 4.90. The number of nitrogens with zero attached hydrogens (tertiary/aromatic N) is 1. The Labute approximate surface area is 144 Å². The predicted molar refractivity (Wildman–Crippen MR) is 91.9 cm³/mol. The van der Waals surface area contributed by atoms with Gasteiger partial charge in [-0.15, -0.1) is 0 Å². The molecule has 142 valence electrons. The number of ether oxygens (including phenoxy) is 1. The van der Waals surface area contributed by atoms with Crippen LogP contribution >= 0.6 is 7.60 Å². The molecule has 0 saturated carbocycles. The Morgan fingerprint density at radius 1 is 1.12 bits per heavy atom. The van der Waals surface area contributed by atoms with Gasteiger partial charge in [0.2, 0.25) is 5.91 Å². The van der Waals surface area contributed by atoms with Crippen LogP contribution in [-0.4, -0.2) is 54.6 Å². The molecule has 2 atom stereocenters. The van der Waals surface area contributed by atoms with E-state index in [-0.39, 0.29) is 13.2 Å². The van der Waals surface area contributed by atoms with E-state index in [1.807, 2.05) is 0 Å². The van der Waals surface area contributed by atoms with Crippen LogP contribution in [-0.2, 0) is 23.1 Å². The zero-order chi connectivity index (χ0) is 19.1. The van der Waals surface area contributed by atoms with Crippen molar-refractivity contribution in [2.45, 2.75) is 65.9 Å². The van der Waals surface area contributed by atoms with Crippen LogP contribution in [0.2, 0.25) is 0 Å². The summed E-state index contributed by atoms with van der Waals surface area (Å²) in [6.45, 7) is 12.1. The summed E-state index contributed by atoms with van der Waals surface area (Å²) in [7, 11) is -1.99. The van der Waals surface area contributed by atoms with Crippen molar-refractivity contribution in [3.05, 3.63) is 0 Å². The molecule has 0 heterocycles. The van der Waals surface area contributed by atoms with Crippen LogP contribution in [0.5, 0.6) is 0 Å². The third-order valence-corrected chi connectivity index (χ3v) is 5.40. The molecular formula is C15H31N2O6P. The molecule has 0 radical (unpaired) electrons. The minimum atomic E-state index is -3.46. The highest BCUT2D eigenvalue weighted by Gasteiger charge is 2.35. The molecule has 0 aliphatic rings. The molecule has 0 bridgehead atoms. The van der Waals surface area contributed by atoms with Gasteiger partial charge in [0.1, 0.15) is 17.4 Å². The molecule has 9 heteroatoms. The van der Waals surface area contributed by atoms with Crippen LogP contribution in [0.25, 0.3) is 0 Å². The number of amides is 2. The van der Waals surface area contributed by atoms with E-state index in [0.717, 1.165) is 0 Å². The van der Waals surface area contributed by atoms with Crippen molar-refractivity contribution in [3.63, 3.8) is 0 Å². The lowest BCUT2D eigenvalue weighted by Crippen LogP contribution is -2.49. The molecule has 24 heavy (non-hydrogen) atoms. The number of carbonyl (C=O) groups excluding carboxylic acids is 2. The minimum absolute atomic E-state index is 0.199. The summed E-state index contributed by atoms with van der Waals surface area (Å²) >= 11 is 0. The first-order valence-corrected chi connectivity index (χ1v) is 9.64. The van der Waals surface area contributed by atoms with E-state index in [1.165, 1.54) is 11.9 Å². The maximum Gasteiger partial charge on any atom is 0.410 e. The van der Waals surface area contributed by atoms with Gasteiger partial charge in [0.25, 0.3) is 0 Å². The number of likely N-dealkylation sites (N-methyl/N-ethyl adjacent to an activating group) is 1. The number of hydrogen-bond acceptors (Lipinski definition) is 6. The van der Waals surface area contributed by atoms with Crippen molar-refractivity contribution in [1.82, 2.24) is 10.2 Å². The van der Waals surface area contributed by atoms with Crippen LogP contribution in [0.4, 0.5) is 4.79 Å². The average molecular weight is 366 g/mol. The maximum absolute atomic E-state index is 12.6. The molecule has 0 aromatic carbocycles. The average Bonchev–Trinajstić information content (AvgIpc) is 2.44. The first-order chi connectivity index (χ1) is 10.9. The maximum atomic E-state index is 12.6. The Bertz CT molecular complexity index is 467. The highest BCUT2D eigenvalue weighted by atomic mass is 31.2. The summed E-state index contributed by atoms with van der Waals surface area (Å²) < 4.78 is 28.2. The van der Waals surface area contributed by atoms with Gasteiger partial charge in [0.05, 0.1) is 13.2 Å². The molecule has 0 spiro atoms. The Hall–Kier alpha value is -1.11. The van der Waals surface area contributed by atoms with E-state index in [1.54, 1.807) is 48.5 Å². The van der Waals surface area contributed by atoms with E-state index in [4.69, 9.17) is 13.8 Å². The zero-order valence-electron chi connectivity index (χ0n) is 15.9. The summed E-state index contributed by atoms with van der Waals surface area (Å²) in [5.41, 5.74) is -0.658. The second-order valence-electron chi connectivity index (χ2n) is 6.33. The van der Waals surface area contributed by atoms with Gasteiger partial charge in [-0.05, 0) is 48.5 Å². The van der Waals surface area contributed by atoms with Gasteiger partial charge < -0.3 is 19.1 Å². The van der Waals surface area contributed by atoms with Crippen molar-refractivity contribution in [3.8, 4) is 0 Å². The topological polar surface area (TPSA) is 94.2 Å². The zero-order valence-corrected chi connectivity index (χ0v) is 16.8. The molecule has 0 aromatic heterocycles. The lowest BCUT2D eigenvalue weighted by atomic mass is 10.2. The molecule has 0 saturated heterocycles. The molecule has 2 amide bonds. The SMILES string of the molecule is CCOP(=O)(OCC)C(C)NC(=O)C(C)N(C)C(=O)OC(C)(C)C. The fourth-order valence-electron chi connectivity index (χ4n) is 1.69. The second-order valence-corrected chi connectivity index (χ2v) is 8.70. The Morgan fingerprint density at radius 3 is 1.96 bits per heavy atom. The predicted octanol–water partition coefficient (Wildman–Crippen LogP) is 2.97. The Kier molecular flexibility index (Phi) is 8.96. The van der Waals surface area contributed by atoms with E-state index in [2.05, 4.69) is 5.32 Å². The van der Waals surface area contributed by atoms with Gasteiger partial charge >= 0.3 is 13.7 Å². The van der Waals surface area contributed by atoms with Gasteiger partial charge in [0.15, 0.2) is 0 Å². The third kappa shape index (κ3) is 7.20. The molecule has 0 rings (SSSR count). The largest absolute Gasteiger partial charge is 0.444 e. The van der Waals surface area contributed by atoms with Crippen molar-refractivity contribution in [1.29, 1.82) is 0 Å². The van der Waals surface area contributed by atoms with Crippen molar-refractivity contribution in [2.24, 2.45) is 0 Å². The normalized spacial score (nSPS) is 14.7. The van der Waals surface area contributed by atoms with Gasteiger partial charge in [0, 0.05) is 7.05 Å². The number of hydrogen-bond donors (Lipinski definition) is 1. The number of nitrogens with one attached hydrogen (secondary N) is 1. The number of rotatable bonds is 8. The van der Waals surface area contributed by atoms with Gasteiger partial charge in [-0.25, -0.2) is 4.79 Å². The Morgan fingerprint density at radius 2 is 1.58 bits per heavy atom. The third-order valence-electron chi connectivity index (χ3n) is 3.09. The van der Waals surface area contributed by atoms with E-state index in [9.17, 15) is 14.2 Å². The minimum Gasteiger partial charge on any atom is -0.444 e. The van der Waals surface area contributed by atoms with Crippen molar-refractivity contribution in [2.75, 3.05) is 20.3 Å². The molecule has 0 fully saturated rings. The molecular weight excluding hydrogens is 335 g/mol. The van der Waals surface area contributed by atoms with Crippen LogP contribution in [0.3, 0.4) is 0 Å². The summed E-state index contributed by atoms with van der Waals surface area (Å²) in [4.78, 5) is 25.5. The van der Waals surface area contributed by atoms with Crippen LogP contribution in [0, 0.1) is 0 Å². The summed E-state index contributed by atoms with van der Waals surface area (Å²) in [5.74, 6) is -1.31. The van der Waals surface area contributed by atoms with Gasteiger partial charge in [-0.1, -0.05) is 0 Å². The summed E-state index contributed by atoms with van der Waals surface area (Å²) in [6.07, 6.45) is -0.615. The summed E-state index contributed by atoms with van der Waals surface area (Å²) in [5, 5.41) is 2.59. The molecule has 8 nitrogen and oxygen atoms in total.